The number of hydrogen-bond donors (Lipinski definition) is 2. The van der Waals surface area contributed by atoms with Crippen LogP contribution in [0.25, 0.3) is 0 Å². The predicted molar refractivity (Wildman–Crippen MR) is 61.9 cm³/mol. The first kappa shape index (κ1) is 12.3. The van der Waals surface area contributed by atoms with E-state index in [4.69, 9.17) is 4.42 Å². The minimum atomic E-state index is -0.109. The van der Waals surface area contributed by atoms with E-state index in [1.165, 1.54) is 6.26 Å². The summed E-state index contributed by atoms with van der Waals surface area (Å²) < 4.78 is 5.54. The molecule has 84 valence electrons. The molecule has 1 aromatic rings. The number of rotatable bonds is 6. The van der Waals surface area contributed by atoms with Crippen molar-refractivity contribution in [3.8, 4) is 0 Å². The van der Waals surface area contributed by atoms with Crippen LogP contribution >= 0.6 is 15.9 Å². The molecule has 0 radical (unpaired) electrons. The summed E-state index contributed by atoms with van der Waals surface area (Å²) in [7, 11) is 0. The Morgan fingerprint density at radius 3 is 2.87 bits per heavy atom. The van der Waals surface area contributed by atoms with E-state index in [9.17, 15) is 4.79 Å². The lowest BCUT2D eigenvalue weighted by molar-refractivity contribution is 0.0953. The predicted octanol–water partition coefficient (Wildman–Crippen LogP) is 1.77. The van der Waals surface area contributed by atoms with Crippen molar-refractivity contribution < 1.29 is 9.21 Å². The van der Waals surface area contributed by atoms with Gasteiger partial charge in [0.2, 0.25) is 0 Å². The van der Waals surface area contributed by atoms with Gasteiger partial charge in [0.05, 0.1) is 5.56 Å². The van der Waals surface area contributed by atoms with E-state index in [1.807, 2.05) is 0 Å². The maximum atomic E-state index is 11.5. The Balaban J connectivity index is 2.19. The van der Waals surface area contributed by atoms with Crippen LogP contribution in [0, 0.1) is 0 Å². The van der Waals surface area contributed by atoms with Crippen molar-refractivity contribution in [3.05, 3.63) is 22.6 Å². The van der Waals surface area contributed by atoms with Gasteiger partial charge in [-0.1, -0.05) is 6.92 Å². The molecule has 0 aliphatic rings. The van der Waals surface area contributed by atoms with Gasteiger partial charge in [-0.15, -0.1) is 0 Å². The molecule has 5 heteroatoms. The van der Waals surface area contributed by atoms with Crippen LogP contribution < -0.4 is 10.6 Å². The highest BCUT2D eigenvalue weighted by atomic mass is 79.9. The van der Waals surface area contributed by atoms with Crippen LogP contribution in [0.5, 0.6) is 0 Å². The number of nitrogens with one attached hydrogen (secondary N) is 2. The average Bonchev–Trinajstić information content (AvgIpc) is 2.64. The molecule has 4 nitrogen and oxygen atoms in total. The zero-order valence-electron chi connectivity index (χ0n) is 8.68. The van der Waals surface area contributed by atoms with Gasteiger partial charge in [-0.25, -0.2) is 0 Å². The van der Waals surface area contributed by atoms with Crippen LogP contribution in [0.3, 0.4) is 0 Å². The van der Waals surface area contributed by atoms with Crippen molar-refractivity contribution in [2.24, 2.45) is 0 Å². The van der Waals surface area contributed by atoms with Crippen LogP contribution in [-0.2, 0) is 0 Å². The van der Waals surface area contributed by atoms with Gasteiger partial charge in [-0.3, -0.25) is 4.79 Å². The molecule has 15 heavy (non-hydrogen) atoms. The lowest BCUT2D eigenvalue weighted by Gasteiger charge is -2.04. The van der Waals surface area contributed by atoms with Gasteiger partial charge in [0.1, 0.15) is 6.26 Å². The van der Waals surface area contributed by atoms with Crippen LogP contribution in [-0.4, -0.2) is 25.5 Å². The zero-order chi connectivity index (χ0) is 11.1. The fraction of sp³-hybridized carbons (Fsp3) is 0.500. The number of hydrogen-bond acceptors (Lipinski definition) is 3. The summed E-state index contributed by atoms with van der Waals surface area (Å²) in [6.07, 6.45) is 2.53. The largest absolute Gasteiger partial charge is 0.457 e. The highest BCUT2D eigenvalue weighted by Gasteiger charge is 2.07. The average molecular weight is 275 g/mol. The van der Waals surface area contributed by atoms with Gasteiger partial charge in [-0.05, 0) is 28.9 Å². The third-order valence-electron chi connectivity index (χ3n) is 1.84. The third kappa shape index (κ3) is 4.48. The van der Waals surface area contributed by atoms with E-state index in [1.54, 1.807) is 6.07 Å². The number of halogens is 1. The Bertz CT molecular complexity index is 312. The first-order valence-corrected chi connectivity index (χ1v) is 5.76. The highest BCUT2D eigenvalue weighted by Crippen LogP contribution is 2.13. The summed E-state index contributed by atoms with van der Waals surface area (Å²) in [5.74, 6) is -0.109. The van der Waals surface area contributed by atoms with Crippen molar-refractivity contribution in [2.45, 2.75) is 13.3 Å². The molecule has 0 aliphatic heterocycles. The zero-order valence-corrected chi connectivity index (χ0v) is 10.3. The highest BCUT2D eigenvalue weighted by molar-refractivity contribution is 9.10. The van der Waals surface area contributed by atoms with E-state index < -0.39 is 0 Å². The Kier molecular flexibility index (Phi) is 5.42. The molecule has 0 saturated heterocycles. The van der Waals surface area contributed by atoms with Crippen molar-refractivity contribution in [1.82, 2.24) is 10.6 Å². The Hall–Kier alpha value is -0.810. The quantitative estimate of drug-likeness (QED) is 0.778. The molecular weight excluding hydrogens is 260 g/mol. The first-order valence-electron chi connectivity index (χ1n) is 4.97. The third-order valence-corrected chi connectivity index (χ3v) is 2.26. The molecule has 0 fully saturated rings. The Morgan fingerprint density at radius 1 is 1.47 bits per heavy atom. The topological polar surface area (TPSA) is 54.3 Å². The lowest BCUT2D eigenvalue weighted by Crippen LogP contribution is -2.31. The molecule has 0 spiro atoms. The molecule has 1 rings (SSSR count). The van der Waals surface area contributed by atoms with Crippen LogP contribution in [0.4, 0.5) is 0 Å². The second kappa shape index (κ2) is 6.63. The molecular formula is C10H15BrN2O2. The SMILES string of the molecule is CCCNCCNC(=O)c1coc(Br)c1. The number of carbonyl (C=O) groups excluding carboxylic acids is 1. The van der Waals surface area contributed by atoms with Crippen LogP contribution in [0.2, 0.25) is 0 Å². The summed E-state index contributed by atoms with van der Waals surface area (Å²) in [5.41, 5.74) is 0.539. The normalized spacial score (nSPS) is 10.3. The van der Waals surface area contributed by atoms with E-state index >= 15 is 0 Å². The molecule has 0 aromatic carbocycles. The van der Waals surface area contributed by atoms with Gasteiger partial charge < -0.3 is 15.1 Å². The Morgan fingerprint density at radius 2 is 2.27 bits per heavy atom. The Labute approximate surface area is 97.5 Å². The maximum Gasteiger partial charge on any atom is 0.254 e. The molecule has 1 aromatic heterocycles. The summed E-state index contributed by atoms with van der Waals surface area (Å²) in [5, 5.41) is 5.99. The molecule has 0 saturated carbocycles. The number of amides is 1. The molecule has 1 heterocycles. The first-order chi connectivity index (χ1) is 7.24. The van der Waals surface area contributed by atoms with Crippen molar-refractivity contribution in [2.75, 3.05) is 19.6 Å². The monoisotopic (exact) mass is 274 g/mol. The van der Waals surface area contributed by atoms with E-state index in [0.29, 0.717) is 16.8 Å². The number of carbonyl (C=O) groups is 1. The van der Waals surface area contributed by atoms with E-state index in [2.05, 4.69) is 33.5 Å². The summed E-state index contributed by atoms with van der Waals surface area (Å²) in [4.78, 5) is 11.5. The molecule has 0 unspecified atom stereocenters. The molecule has 0 atom stereocenters. The van der Waals surface area contributed by atoms with Crippen LogP contribution in [0.15, 0.2) is 21.4 Å². The minimum Gasteiger partial charge on any atom is -0.457 e. The summed E-state index contributed by atoms with van der Waals surface area (Å²) in [6, 6.07) is 1.65. The van der Waals surface area contributed by atoms with Gasteiger partial charge in [0.25, 0.3) is 5.91 Å². The van der Waals surface area contributed by atoms with Gasteiger partial charge in [-0.2, -0.15) is 0 Å². The standard InChI is InChI=1S/C10H15BrN2O2/c1-2-3-12-4-5-13-10(14)8-6-9(11)15-7-8/h6-7,12H,2-5H2,1H3,(H,13,14). The number of furan rings is 1. The van der Waals surface area contributed by atoms with E-state index in [0.717, 1.165) is 19.5 Å². The molecule has 2 N–H and O–H groups in total. The van der Waals surface area contributed by atoms with Crippen molar-refractivity contribution in [3.63, 3.8) is 0 Å². The summed E-state index contributed by atoms with van der Waals surface area (Å²) >= 11 is 3.14. The molecule has 0 bridgehead atoms. The second-order valence-electron chi connectivity index (χ2n) is 3.15. The maximum absolute atomic E-state index is 11.5. The lowest BCUT2D eigenvalue weighted by atomic mass is 10.3. The summed E-state index contributed by atoms with van der Waals surface area (Å²) in [6.45, 7) is 4.50. The minimum absolute atomic E-state index is 0.109. The van der Waals surface area contributed by atoms with Gasteiger partial charge in [0.15, 0.2) is 4.67 Å². The smallest absolute Gasteiger partial charge is 0.254 e. The molecule has 0 aliphatic carbocycles. The van der Waals surface area contributed by atoms with Gasteiger partial charge >= 0.3 is 0 Å². The fourth-order valence-corrected chi connectivity index (χ4v) is 1.44. The van der Waals surface area contributed by atoms with E-state index in [-0.39, 0.29) is 5.91 Å². The van der Waals surface area contributed by atoms with Crippen LogP contribution in [0.1, 0.15) is 23.7 Å². The second-order valence-corrected chi connectivity index (χ2v) is 3.93. The fourth-order valence-electron chi connectivity index (χ4n) is 1.10. The molecule has 1 amide bonds. The van der Waals surface area contributed by atoms with Crippen molar-refractivity contribution in [1.29, 1.82) is 0 Å². The van der Waals surface area contributed by atoms with Crippen molar-refractivity contribution >= 4 is 21.8 Å². The van der Waals surface area contributed by atoms with Gasteiger partial charge in [0, 0.05) is 19.2 Å².